The monoisotopic (exact) mass is 385 g/mol. The van der Waals surface area contributed by atoms with Gasteiger partial charge in [0.05, 0.1) is 10.6 Å². The molecule has 1 aromatic heterocycles. The van der Waals surface area contributed by atoms with Crippen LogP contribution in [0.25, 0.3) is 10.9 Å². The number of benzene rings is 2. The molecule has 1 aliphatic heterocycles. The number of carbonyl (C=O) groups excluding carboxylic acids is 1. The van der Waals surface area contributed by atoms with Gasteiger partial charge in [-0.1, -0.05) is 23.7 Å². The van der Waals surface area contributed by atoms with Gasteiger partial charge in [0, 0.05) is 49.3 Å². The van der Waals surface area contributed by atoms with Gasteiger partial charge in [-0.15, -0.1) is 0 Å². The zero-order chi connectivity index (χ0) is 19.0. The van der Waals surface area contributed by atoms with Crippen molar-refractivity contribution >= 4 is 28.4 Å². The first kappa shape index (κ1) is 18.0. The Kier molecular flexibility index (Phi) is 4.89. The Hall–Kier alpha value is -2.37. The molecule has 140 valence electrons. The fourth-order valence-corrected chi connectivity index (χ4v) is 3.96. The van der Waals surface area contributed by atoms with Crippen molar-refractivity contribution in [3.63, 3.8) is 0 Å². The summed E-state index contributed by atoms with van der Waals surface area (Å²) in [6, 6.07) is 12.3. The van der Waals surface area contributed by atoms with E-state index in [-0.39, 0.29) is 17.8 Å². The van der Waals surface area contributed by atoms with Gasteiger partial charge in [-0.05, 0) is 42.8 Å². The molecule has 1 unspecified atom stereocenters. The summed E-state index contributed by atoms with van der Waals surface area (Å²) in [4.78, 5) is 20.4. The number of aromatic nitrogens is 1. The topological polar surface area (TPSA) is 39.3 Å². The third-order valence-corrected chi connectivity index (χ3v) is 5.48. The first-order valence-corrected chi connectivity index (χ1v) is 9.43. The number of hydrogen-bond acceptors (Lipinski definition) is 2. The molecule has 0 bridgehead atoms. The van der Waals surface area contributed by atoms with Crippen molar-refractivity contribution in [3.8, 4) is 0 Å². The largest absolute Gasteiger partial charge is 0.361 e. The molecule has 1 atom stereocenters. The van der Waals surface area contributed by atoms with E-state index in [4.69, 9.17) is 11.6 Å². The Morgan fingerprint density at radius 2 is 2.00 bits per heavy atom. The first-order chi connectivity index (χ1) is 13.0. The van der Waals surface area contributed by atoms with Crippen LogP contribution in [0.15, 0.2) is 48.7 Å². The highest BCUT2D eigenvalue weighted by Crippen LogP contribution is 2.26. The van der Waals surface area contributed by atoms with Crippen LogP contribution in [0.3, 0.4) is 0 Å². The molecule has 0 spiro atoms. The average Bonchev–Trinajstić information content (AvgIpc) is 3.10. The maximum absolute atomic E-state index is 13.1. The van der Waals surface area contributed by atoms with Crippen molar-refractivity contribution in [2.24, 2.45) is 0 Å². The molecule has 0 saturated carbocycles. The molecular weight excluding hydrogens is 365 g/mol. The lowest BCUT2D eigenvalue weighted by molar-refractivity contribution is 0.0476. The molecule has 27 heavy (non-hydrogen) atoms. The lowest BCUT2D eigenvalue weighted by Crippen LogP contribution is -2.53. The maximum atomic E-state index is 13.1. The average molecular weight is 386 g/mol. The van der Waals surface area contributed by atoms with Crippen LogP contribution in [-0.4, -0.2) is 46.4 Å². The van der Waals surface area contributed by atoms with Crippen molar-refractivity contribution < 1.29 is 9.18 Å². The highest BCUT2D eigenvalue weighted by atomic mass is 35.5. The summed E-state index contributed by atoms with van der Waals surface area (Å²) in [6.45, 7) is 4.99. The van der Waals surface area contributed by atoms with E-state index >= 15 is 0 Å². The van der Waals surface area contributed by atoms with Crippen LogP contribution in [0.5, 0.6) is 0 Å². The van der Waals surface area contributed by atoms with Crippen molar-refractivity contribution in [2.75, 3.05) is 19.6 Å². The van der Waals surface area contributed by atoms with E-state index in [0.29, 0.717) is 17.1 Å². The molecule has 1 N–H and O–H groups in total. The molecular formula is C21H21ClFN3O. The van der Waals surface area contributed by atoms with Crippen molar-refractivity contribution in [2.45, 2.75) is 19.5 Å². The van der Waals surface area contributed by atoms with Crippen LogP contribution in [-0.2, 0) is 6.54 Å². The van der Waals surface area contributed by atoms with Gasteiger partial charge < -0.3 is 9.88 Å². The van der Waals surface area contributed by atoms with Crippen LogP contribution in [0, 0.1) is 5.82 Å². The Bertz CT molecular complexity index is 969. The zero-order valence-corrected chi connectivity index (χ0v) is 15.8. The molecule has 3 aromatic rings. The van der Waals surface area contributed by atoms with E-state index in [0.717, 1.165) is 36.1 Å². The van der Waals surface area contributed by atoms with Crippen molar-refractivity contribution in [1.82, 2.24) is 14.8 Å². The number of rotatable bonds is 3. The van der Waals surface area contributed by atoms with Crippen LogP contribution < -0.4 is 0 Å². The van der Waals surface area contributed by atoms with Crippen LogP contribution in [0.2, 0.25) is 5.02 Å². The fourth-order valence-electron chi connectivity index (χ4n) is 3.72. The predicted octanol–water partition coefficient (Wildman–Crippen LogP) is 4.31. The van der Waals surface area contributed by atoms with Crippen molar-refractivity contribution in [3.05, 3.63) is 70.6 Å². The van der Waals surface area contributed by atoms with E-state index in [9.17, 15) is 9.18 Å². The third kappa shape index (κ3) is 3.70. The molecule has 2 aromatic carbocycles. The van der Waals surface area contributed by atoms with Gasteiger partial charge in [-0.3, -0.25) is 9.69 Å². The molecule has 1 amide bonds. The number of amides is 1. The predicted molar refractivity (Wildman–Crippen MR) is 105 cm³/mol. The summed E-state index contributed by atoms with van der Waals surface area (Å²) in [7, 11) is 0. The second kappa shape index (κ2) is 7.33. The summed E-state index contributed by atoms with van der Waals surface area (Å²) in [5, 5.41) is 1.45. The van der Waals surface area contributed by atoms with Gasteiger partial charge in [0.25, 0.3) is 5.91 Å². The van der Waals surface area contributed by atoms with Gasteiger partial charge in [0.2, 0.25) is 0 Å². The van der Waals surface area contributed by atoms with E-state index in [2.05, 4.69) is 16.8 Å². The molecule has 4 rings (SSSR count). The SMILES string of the molecule is CC1CN(Cc2ccc(F)cc2)CCN1C(=O)c1cc2cc[nH]c2cc1Cl. The zero-order valence-electron chi connectivity index (χ0n) is 15.1. The van der Waals surface area contributed by atoms with Gasteiger partial charge in [-0.25, -0.2) is 4.39 Å². The number of halogens is 2. The molecule has 0 aliphatic carbocycles. The molecule has 4 nitrogen and oxygen atoms in total. The normalized spacial score (nSPS) is 18.2. The lowest BCUT2D eigenvalue weighted by atomic mass is 10.1. The molecule has 1 fully saturated rings. The summed E-state index contributed by atoms with van der Waals surface area (Å²) in [5.41, 5.74) is 2.54. The number of H-pyrrole nitrogens is 1. The summed E-state index contributed by atoms with van der Waals surface area (Å²) >= 11 is 6.36. The third-order valence-electron chi connectivity index (χ3n) is 5.16. The lowest BCUT2D eigenvalue weighted by Gasteiger charge is -2.40. The number of fused-ring (bicyclic) bond motifs is 1. The number of aromatic amines is 1. The number of nitrogens with zero attached hydrogens (tertiary/aromatic N) is 2. The molecule has 1 aliphatic rings. The minimum atomic E-state index is -0.223. The highest BCUT2D eigenvalue weighted by Gasteiger charge is 2.29. The van der Waals surface area contributed by atoms with E-state index in [1.54, 1.807) is 6.07 Å². The highest BCUT2D eigenvalue weighted by molar-refractivity contribution is 6.34. The Labute approximate surface area is 162 Å². The number of nitrogens with one attached hydrogen (secondary N) is 1. The summed E-state index contributed by atoms with van der Waals surface area (Å²) in [5.74, 6) is -0.254. The second-order valence-electron chi connectivity index (χ2n) is 7.11. The summed E-state index contributed by atoms with van der Waals surface area (Å²) < 4.78 is 13.1. The minimum Gasteiger partial charge on any atom is -0.361 e. The first-order valence-electron chi connectivity index (χ1n) is 9.05. The quantitative estimate of drug-likeness (QED) is 0.729. The number of carbonyl (C=O) groups is 1. The minimum absolute atomic E-state index is 0.0305. The van der Waals surface area contributed by atoms with Crippen LogP contribution in [0.4, 0.5) is 4.39 Å². The maximum Gasteiger partial charge on any atom is 0.255 e. The molecule has 2 heterocycles. The van der Waals surface area contributed by atoms with Gasteiger partial charge >= 0.3 is 0 Å². The number of hydrogen-bond donors (Lipinski definition) is 1. The second-order valence-corrected chi connectivity index (χ2v) is 7.51. The molecule has 0 radical (unpaired) electrons. The van der Waals surface area contributed by atoms with Gasteiger partial charge in [-0.2, -0.15) is 0 Å². The number of piperazine rings is 1. The molecule has 1 saturated heterocycles. The van der Waals surface area contributed by atoms with Crippen LogP contribution in [0.1, 0.15) is 22.8 Å². The van der Waals surface area contributed by atoms with E-state index in [1.165, 1.54) is 12.1 Å². The van der Waals surface area contributed by atoms with E-state index in [1.807, 2.05) is 35.4 Å². The molecule has 6 heteroatoms. The van der Waals surface area contributed by atoms with Crippen LogP contribution >= 0.6 is 11.6 Å². The van der Waals surface area contributed by atoms with Crippen molar-refractivity contribution in [1.29, 1.82) is 0 Å². The Morgan fingerprint density at radius 1 is 1.22 bits per heavy atom. The standard InChI is InChI=1S/C21H21ClFN3O/c1-14-12-25(13-15-2-4-17(23)5-3-15)8-9-26(14)21(27)18-10-16-6-7-24-20(16)11-19(18)22/h2-7,10-11,14,24H,8-9,12-13H2,1H3. The van der Waals surface area contributed by atoms with Gasteiger partial charge in [0.1, 0.15) is 5.82 Å². The smallest absolute Gasteiger partial charge is 0.255 e. The summed E-state index contributed by atoms with van der Waals surface area (Å²) in [6.07, 6.45) is 1.84. The van der Waals surface area contributed by atoms with E-state index < -0.39 is 0 Å². The van der Waals surface area contributed by atoms with Gasteiger partial charge in [0.15, 0.2) is 0 Å². The Balaban J connectivity index is 1.46. The Morgan fingerprint density at radius 3 is 2.74 bits per heavy atom. The fraction of sp³-hybridized carbons (Fsp3) is 0.286.